The van der Waals surface area contributed by atoms with Gasteiger partial charge in [0.2, 0.25) is 0 Å². The highest BCUT2D eigenvalue weighted by Gasteiger charge is 2.48. The molecule has 0 aliphatic carbocycles. The van der Waals surface area contributed by atoms with Crippen molar-refractivity contribution in [3.63, 3.8) is 0 Å². The van der Waals surface area contributed by atoms with Crippen LogP contribution in [-0.2, 0) is 9.59 Å². The summed E-state index contributed by atoms with van der Waals surface area (Å²) in [7, 11) is 2.79. The molecule has 1 unspecified atom stereocenters. The van der Waals surface area contributed by atoms with Crippen molar-refractivity contribution in [1.82, 2.24) is 4.98 Å². The number of rotatable bonds is 5. The summed E-state index contributed by atoms with van der Waals surface area (Å²) in [5.74, 6) is -2.06. The molecule has 1 fully saturated rings. The van der Waals surface area contributed by atoms with Crippen LogP contribution >= 0.6 is 11.6 Å². The number of aliphatic hydroxyl groups is 1. The minimum absolute atomic E-state index is 0.119. The van der Waals surface area contributed by atoms with Crippen LogP contribution in [0.4, 0.5) is 5.69 Å². The van der Waals surface area contributed by atoms with E-state index in [-0.39, 0.29) is 39.1 Å². The van der Waals surface area contributed by atoms with Crippen LogP contribution in [0.3, 0.4) is 0 Å². The van der Waals surface area contributed by atoms with E-state index in [1.807, 2.05) is 0 Å². The molecule has 1 amide bonds. The van der Waals surface area contributed by atoms with Gasteiger partial charge in [-0.05, 0) is 35.9 Å². The Kier molecular flexibility index (Phi) is 5.93. The minimum atomic E-state index is -1.03. The molecular weight excluding hydrogens is 448 g/mol. The molecule has 4 rings (SSSR count). The highest BCUT2D eigenvalue weighted by atomic mass is 35.5. The second-order valence-corrected chi connectivity index (χ2v) is 7.53. The van der Waals surface area contributed by atoms with E-state index in [0.717, 1.165) is 4.90 Å². The molecule has 0 spiro atoms. The molecule has 0 bridgehead atoms. The van der Waals surface area contributed by atoms with Crippen molar-refractivity contribution in [3.8, 4) is 17.2 Å². The summed E-state index contributed by atoms with van der Waals surface area (Å²) < 4.78 is 10.6. The number of ketones is 1. The molecule has 1 aromatic heterocycles. The summed E-state index contributed by atoms with van der Waals surface area (Å²) >= 11 is 6.17. The maximum Gasteiger partial charge on any atom is 0.300 e. The van der Waals surface area contributed by atoms with Gasteiger partial charge in [0.25, 0.3) is 11.7 Å². The van der Waals surface area contributed by atoms with Gasteiger partial charge >= 0.3 is 0 Å². The van der Waals surface area contributed by atoms with Crippen LogP contribution in [0, 0.1) is 0 Å². The van der Waals surface area contributed by atoms with Gasteiger partial charge in [0.1, 0.15) is 23.0 Å². The molecule has 0 radical (unpaired) electrons. The zero-order valence-corrected chi connectivity index (χ0v) is 18.4. The fourth-order valence-electron chi connectivity index (χ4n) is 3.80. The first kappa shape index (κ1) is 22.2. The highest BCUT2D eigenvalue weighted by molar-refractivity contribution is 6.52. The standard InChI is InChI=1S/C24H19ClN2O6/c1-32-18-12-15(25)19(33-2)11-14(18)22(29)20-21(13-7-9-26-10-8-13)27(24(31)23(20)30)16-5-3-4-6-17(16)28/h3-12,21,28-29H,1-2H3/b22-20+. The zero-order valence-electron chi connectivity index (χ0n) is 17.7. The molecule has 1 aliphatic heterocycles. The third-order valence-corrected chi connectivity index (χ3v) is 5.63. The van der Waals surface area contributed by atoms with E-state index in [2.05, 4.69) is 4.98 Å². The molecule has 1 atom stereocenters. The molecule has 8 nitrogen and oxygen atoms in total. The number of aromatic nitrogens is 1. The molecule has 1 aliphatic rings. The van der Waals surface area contributed by atoms with Crippen LogP contribution in [0.2, 0.25) is 5.02 Å². The second-order valence-electron chi connectivity index (χ2n) is 7.13. The average molecular weight is 467 g/mol. The van der Waals surface area contributed by atoms with Gasteiger partial charge in [-0.25, -0.2) is 0 Å². The Balaban J connectivity index is 2.01. The van der Waals surface area contributed by atoms with Crippen molar-refractivity contribution >= 4 is 34.7 Å². The molecule has 3 aromatic rings. The number of para-hydroxylation sites is 2. The van der Waals surface area contributed by atoms with Crippen LogP contribution in [0.5, 0.6) is 17.2 Å². The van der Waals surface area contributed by atoms with Gasteiger partial charge in [0.05, 0.1) is 42.1 Å². The lowest BCUT2D eigenvalue weighted by atomic mass is 9.95. The quantitative estimate of drug-likeness (QED) is 0.331. The number of carbonyl (C=O) groups excluding carboxylic acids is 2. The lowest BCUT2D eigenvalue weighted by Gasteiger charge is -2.26. The molecule has 33 heavy (non-hydrogen) atoms. The van der Waals surface area contributed by atoms with Gasteiger partial charge in [0.15, 0.2) is 0 Å². The van der Waals surface area contributed by atoms with Crippen molar-refractivity contribution < 1.29 is 29.3 Å². The number of aliphatic hydroxyl groups excluding tert-OH is 1. The number of ether oxygens (including phenoxy) is 2. The number of Topliss-reactive ketones (excluding diaryl/α,β-unsaturated/α-hetero) is 1. The molecule has 168 valence electrons. The van der Waals surface area contributed by atoms with E-state index in [1.165, 1.54) is 50.9 Å². The number of nitrogens with zero attached hydrogens (tertiary/aromatic N) is 2. The lowest BCUT2D eigenvalue weighted by molar-refractivity contribution is -0.132. The van der Waals surface area contributed by atoms with Crippen molar-refractivity contribution in [1.29, 1.82) is 0 Å². The maximum atomic E-state index is 13.2. The SMILES string of the molecule is COc1cc(/C(O)=C2\C(=O)C(=O)N(c3ccccc3O)C2c2ccncc2)c(OC)cc1Cl. The van der Waals surface area contributed by atoms with E-state index in [0.29, 0.717) is 5.56 Å². The number of phenols is 1. The Morgan fingerprint density at radius 1 is 1.03 bits per heavy atom. The Bertz CT molecular complexity index is 1280. The number of pyridine rings is 1. The number of anilines is 1. The first-order valence-electron chi connectivity index (χ1n) is 9.79. The van der Waals surface area contributed by atoms with Crippen LogP contribution in [-0.4, -0.2) is 41.1 Å². The molecule has 0 saturated carbocycles. The zero-order chi connectivity index (χ0) is 23.7. The summed E-state index contributed by atoms with van der Waals surface area (Å²) in [6.07, 6.45) is 3.01. The smallest absolute Gasteiger partial charge is 0.300 e. The fraction of sp³-hybridized carbons (Fsp3) is 0.125. The molecule has 9 heteroatoms. The van der Waals surface area contributed by atoms with Crippen LogP contribution in [0.25, 0.3) is 5.76 Å². The molecular formula is C24H19ClN2O6. The van der Waals surface area contributed by atoms with E-state index >= 15 is 0 Å². The summed E-state index contributed by atoms with van der Waals surface area (Å²) in [6, 6.07) is 11.2. The van der Waals surface area contributed by atoms with E-state index in [1.54, 1.807) is 24.3 Å². The molecule has 2 aromatic carbocycles. The molecule has 2 N–H and O–H groups in total. The van der Waals surface area contributed by atoms with E-state index < -0.39 is 23.5 Å². The number of amides is 1. The van der Waals surface area contributed by atoms with Gasteiger partial charge in [-0.1, -0.05) is 23.7 Å². The lowest BCUT2D eigenvalue weighted by Crippen LogP contribution is -2.29. The fourth-order valence-corrected chi connectivity index (χ4v) is 4.03. The van der Waals surface area contributed by atoms with Gasteiger partial charge in [0, 0.05) is 18.5 Å². The Hall–Kier alpha value is -4.04. The number of benzene rings is 2. The number of aromatic hydroxyl groups is 1. The normalized spacial score (nSPS) is 17.3. The summed E-state index contributed by atoms with van der Waals surface area (Å²) in [4.78, 5) is 31.5. The molecule has 1 saturated heterocycles. The number of hydrogen-bond donors (Lipinski definition) is 2. The van der Waals surface area contributed by atoms with Crippen molar-refractivity contribution in [3.05, 3.63) is 82.6 Å². The number of phenolic OH excluding ortho intramolecular Hbond substituents is 1. The third-order valence-electron chi connectivity index (χ3n) is 5.34. The van der Waals surface area contributed by atoms with Crippen molar-refractivity contribution in [2.24, 2.45) is 0 Å². The first-order chi connectivity index (χ1) is 15.9. The average Bonchev–Trinajstić information content (AvgIpc) is 3.09. The minimum Gasteiger partial charge on any atom is -0.507 e. The highest BCUT2D eigenvalue weighted by Crippen LogP contribution is 2.46. The van der Waals surface area contributed by atoms with Gasteiger partial charge in [-0.3, -0.25) is 19.5 Å². The summed E-state index contributed by atoms with van der Waals surface area (Å²) in [5.41, 5.74) is 0.570. The Morgan fingerprint density at radius 2 is 1.70 bits per heavy atom. The van der Waals surface area contributed by atoms with Gasteiger partial charge in [-0.15, -0.1) is 0 Å². The first-order valence-corrected chi connectivity index (χ1v) is 10.2. The monoisotopic (exact) mass is 466 g/mol. The maximum absolute atomic E-state index is 13.2. The summed E-state index contributed by atoms with van der Waals surface area (Å²) in [5, 5.41) is 22.0. The van der Waals surface area contributed by atoms with E-state index in [4.69, 9.17) is 21.1 Å². The van der Waals surface area contributed by atoms with Gasteiger partial charge < -0.3 is 19.7 Å². The third kappa shape index (κ3) is 3.74. The van der Waals surface area contributed by atoms with Crippen molar-refractivity contribution in [2.75, 3.05) is 19.1 Å². The number of methoxy groups -OCH3 is 2. The topological polar surface area (TPSA) is 109 Å². The number of halogens is 1. The predicted molar refractivity (Wildman–Crippen MR) is 122 cm³/mol. The van der Waals surface area contributed by atoms with E-state index in [9.17, 15) is 19.8 Å². The Morgan fingerprint density at radius 3 is 2.33 bits per heavy atom. The Labute approximate surface area is 194 Å². The number of carbonyl (C=O) groups is 2. The second kappa shape index (κ2) is 8.84. The van der Waals surface area contributed by atoms with Crippen molar-refractivity contribution in [2.45, 2.75) is 6.04 Å². The van der Waals surface area contributed by atoms with Crippen LogP contribution in [0.1, 0.15) is 17.2 Å². The molecule has 2 heterocycles. The number of hydrogen-bond acceptors (Lipinski definition) is 7. The summed E-state index contributed by atoms with van der Waals surface area (Å²) in [6.45, 7) is 0. The van der Waals surface area contributed by atoms with Gasteiger partial charge in [-0.2, -0.15) is 0 Å². The predicted octanol–water partition coefficient (Wildman–Crippen LogP) is 4.08. The van der Waals surface area contributed by atoms with Crippen LogP contribution in [0.15, 0.2) is 66.5 Å². The largest absolute Gasteiger partial charge is 0.507 e. The van der Waals surface area contributed by atoms with Crippen LogP contribution < -0.4 is 14.4 Å².